The summed E-state index contributed by atoms with van der Waals surface area (Å²) in [6.45, 7) is 6.10. The molecular formula is C20H22N4O2S2. The molecule has 1 amide bonds. The van der Waals surface area contributed by atoms with Crippen molar-refractivity contribution in [1.82, 2.24) is 19.9 Å². The van der Waals surface area contributed by atoms with Crippen LogP contribution in [0.1, 0.15) is 26.7 Å². The third-order valence-electron chi connectivity index (χ3n) is 4.65. The Balaban J connectivity index is 1.37. The van der Waals surface area contributed by atoms with E-state index in [0.717, 1.165) is 49.2 Å². The van der Waals surface area contributed by atoms with E-state index in [2.05, 4.69) is 32.6 Å². The van der Waals surface area contributed by atoms with Crippen molar-refractivity contribution in [1.29, 1.82) is 0 Å². The molecule has 1 saturated heterocycles. The molecule has 1 fully saturated rings. The SMILES string of the molecule is Cc1cc(CSc2ncccc2C(=O)N2CCN(Cc3cccs3)CC2)no1. The number of piperazine rings is 1. The molecule has 1 aliphatic heterocycles. The largest absolute Gasteiger partial charge is 0.361 e. The van der Waals surface area contributed by atoms with Gasteiger partial charge < -0.3 is 9.42 Å². The zero-order valence-corrected chi connectivity index (χ0v) is 17.3. The van der Waals surface area contributed by atoms with Crippen LogP contribution in [0.5, 0.6) is 0 Å². The van der Waals surface area contributed by atoms with Crippen LogP contribution in [0.4, 0.5) is 0 Å². The number of thiophene rings is 1. The minimum atomic E-state index is 0.0581. The van der Waals surface area contributed by atoms with E-state index in [1.54, 1.807) is 17.5 Å². The van der Waals surface area contributed by atoms with Gasteiger partial charge >= 0.3 is 0 Å². The van der Waals surface area contributed by atoms with E-state index in [0.29, 0.717) is 11.3 Å². The number of carbonyl (C=O) groups excluding carboxylic acids is 1. The number of aryl methyl sites for hydroxylation is 1. The van der Waals surface area contributed by atoms with Gasteiger partial charge in [-0.2, -0.15) is 0 Å². The molecule has 3 aromatic rings. The Kier molecular flexibility index (Phi) is 6.09. The minimum Gasteiger partial charge on any atom is -0.361 e. The molecule has 0 atom stereocenters. The van der Waals surface area contributed by atoms with Crippen LogP contribution in [0.3, 0.4) is 0 Å². The summed E-state index contributed by atoms with van der Waals surface area (Å²) in [5.74, 6) is 1.47. The zero-order chi connectivity index (χ0) is 19.3. The number of thioether (sulfide) groups is 1. The molecule has 4 heterocycles. The molecule has 0 saturated carbocycles. The second-order valence-electron chi connectivity index (χ2n) is 6.72. The Hall–Kier alpha value is -2.16. The highest BCUT2D eigenvalue weighted by molar-refractivity contribution is 7.98. The summed E-state index contributed by atoms with van der Waals surface area (Å²) >= 11 is 3.30. The first-order valence-electron chi connectivity index (χ1n) is 9.23. The average molecular weight is 415 g/mol. The Labute approximate surface area is 172 Å². The molecule has 0 spiro atoms. The summed E-state index contributed by atoms with van der Waals surface area (Å²) in [4.78, 5) is 23.2. The molecule has 3 aromatic heterocycles. The van der Waals surface area contributed by atoms with E-state index in [4.69, 9.17) is 4.52 Å². The predicted molar refractivity (Wildman–Crippen MR) is 111 cm³/mol. The maximum atomic E-state index is 13.1. The molecule has 1 aliphatic rings. The van der Waals surface area contributed by atoms with Crippen LogP contribution < -0.4 is 0 Å². The van der Waals surface area contributed by atoms with Gasteiger partial charge in [-0.1, -0.05) is 23.0 Å². The summed E-state index contributed by atoms with van der Waals surface area (Å²) in [6, 6.07) is 9.85. The molecule has 4 rings (SSSR count). The van der Waals surface area contributed by atoms with E-state index in [1.807, 2.05) is 30.0 Å². The predicted octanol–water partition coefficient (Wildman–Crippen LogP) is 3.69. The highest BCUT2D eigenvalue weighted by Crippen LogP contribution is 2.25. The minimum absolute atomic E-state index is 0.0581. The van der Waals surface area contributed by atoms with Crippen LogP contribution in [0.15, 0.2) is 51.5 Å². The van der Waals surface area contributed by atoms with Crippen molar-refractivity contribution in [3.8, 4) is 0 Å². The molecule has 0 aliphatic carbocycles. The van der Waals surface area contributed by atoms with Crippen LogP contribution in [0.2, 0.25) is 0 Å². The fraction of sp³-hybridized carbons (Fsp3) is 0.350. The van der Waals surface area contributed by atoms with Gasteiger partial charge in [0, 0.05) is 55.6 Å². The Morgan fingerprint density at radius 2 is 2.11 bits per heavy atom. The topological polar surface area (TPSA) is 62.5 Å². The average Bonchev–Trinajstić information content (AvgIpc) is 3.38. The van der Waals surface area contributed by atoms with Gasteiger partial charge in [0.2, 0.25) is 0 Å². The van der Waals surface area contributed by atoms with Crippen molar-refractivity contribution in [2.45, 2.75) is 24.2 Å². The van der Waals surface area contributed by atoms with Gasteiger partial charge in [-0.25, -0.2) is 4.98 Å². The molecule has 8 heteroatoms. The number of hydrogen-bond donors (Lipinski definition) is 0. The molecule has 146 valence electrons. The van der Waals surface area contributed by atoms with E-state index in [9.17, 15) is 4.79 Å². The van der Waals surface area contributed by atoms with E-state index in [-0.39, 0.29) is 5.91 Å². The van der Waals surface area contributed by atoms with Crippen molar-refractivity contribution in [3.63, 3.8) is 0 Å². The van der Waals surface area contributed by atoms with Crippen molar-refractivity contribution in [2.24, 2.45) is 0 Å². The molecule has 0 aromatic carbocycles. The quantitative estimate of drug-likeness (QED) is 0.573. The van der Waals surface area contributed by atoms with Crippen LogP contribution in [0.25, 0.3) is 0 Å². The van der Waals surface area contributed by atoms with Gasteiger partial charge in [-0.3, -0.25) is 9.69 Å². The second-order valence-corrected chi connectivity index (χ2v) is 8.72. The van der Waals surface area contributed by atoms with Gasteiger partial charge in [-0.15, -0.1) is 11.3 Å². The van der Waals surface area contributed by atoms with E-state index in [1.165, 1.54) is 16.6 Å². The molecule has 28 heavy (non-hydrogen) atoms. The van der Waals surface area contributed by atoms with Gasteiger partial charge in [0.25, 0.3) is 5.91 Å². The zero-order valence-electron chi connectivity index (χ0n) is 15.7. The molecular weight excluding hydrogens is 392 g/mol. The maximum Gasteiger partial charge on any atom is 0.256 e. The first-order chi connectivity index (χ1) is 13.7. The fourth-order valence-corrected chi connectivity index (χ4v) is 4.81. The number of aromatic nitrogens is 2. The third kappa shape index (κ3) is 4.63. The highest BCUT2D eigenvalue weighted by Gasteiger charge is 2.24. The summed E-state index contributed by atoms with van der Waals surface area (Å²) in [5, 5.41) is 6.86. The smallest absolute Gasteiger partial charge is 0.256 e. The molecule has 6 nitrogen and oxygen atoms in total. The number of pyridine rings is 1. The lowest BCUT2D eigenvalue weighted by atomic mass is 10.2. The standard InChI is InChI=1S/C20H22N4O2S2/c1-15-12-16(22-26-15)14-28-19-18(5-2-6-21-19)20(25)24-9-7-23(8-10-24)13-17-4-3-11-27-17/h2-6,11-12H,7-10,13-14H2,1H3. The molecule has 0 radical (unpaired) electrons. The summed E-state index contributed by atoms with van der Waals surface area (Å²) in [7, 11) is 0. The Morgan fingerprint density at radius 1 is 1.25 bits per heavy atom. The highest BCUT2D eigenvalue weighted by atomic mass is 32.2. The third-order valence-corrected chi connectivity index (χ3v) is 6.55. The van der Waals surface area contributed by atoms with Crippen molar-refractivity contribution < 1.29 is 9.32 Å². The van der Waals surface area contributed by atoms with Crippen molar-refractivity contribution in [3.05, 3.63) is 63.8 Å². The number of rotatable bonds is 6. The second kappa shape index (κ2) is 8.89. The van der Waals surface area contributed by atoms with Gasteiger partial charge in [0.05, 0.1) is 11.3 Å². The molecule has 0 N–H and O–H groups in total. The summed E-state index contributed by atoms with van der Waals surface area (Å²) < 4.78 is 5.11. The van der Waals surface area contributed by atoms with E-state index >= 15 is 0 Å². The first-order valence-corrected chi connectivity index (χ1v) is 11.1. The van der Waals surface area contributed by atoms with Gasteiger partial charge in [0.1, 0.15) is 10.8 Å². The normalized spacial score (nSPS) is 15.1. The lowest BCUT2D eigenvalue weighted by Crippen LogP contribution is -2.48. The van der Waals surface area contributed by atoms with Gasteiger partial charge in [0.15, 0.2) is 0 Å². The lowest BCUT2D eigenvalue weighted by molar-refractivity contribution is 0.0625. The lowest BCUT2D eigenvalue weighted by Gasteiger charge is -2.34. The Bertz CT molecular complexity index is 918. The van der Waals surface area contributed by atoms with Crippen molar-refractivity contribution >= 4 is 29.0 Å². The molecule has 0 bridgehead atoms. The fourth-order valence-electron chi connectivity index (χ4n) is 3.20. The summed E-state index contributed by atoms with van der Waals surface area (Å²) in [5.41, 5.74) is 1.52. The monoisotopic (exact) mass is 414 g/mol. The number of carbonyl (C=O) groups is 1. The maximum absolute atomic E-state index is 13.1. The molecule has 0 unspecified atom stereocenters. The summed E-state index contributed by atoms with van der Waals surface area (Å²) in [6.07, 6.45) is 1.73. The number of hydrogen-bond acceptors (Lipinski definition) is 7. The number of amides is 1. The first kappa shape index (κ1) is 19.2. The van der Waals surface area contributed by atoms with Crippen LogP contribution >= 0.6 is 23.1 Å². The Morgan fingerprint density at radius 3 is 2.82 bits per heavy atom. The van der Waals surface area contributed by atoms with E-state index < -0.39 is 0 Å². The van der Waals surface area contributed by atoms with Crippen molar-refractivity contribution in [2.75, 3.05) is 26.2 Å². The number of nitrogens with zero attached hydrogens (tertiary/aromatic N) is 4. The van der Waals surface area contributed by atoms with Crippen LogP contribution in [-0.2, 0) is 12.3 Å². The van der Waals surface area contributed by atoms with Crippen LogP contribution in [0, 0.1) is 6.92 Å². The van der Waals surface area contributed by atoms with Gasteiger partial charge in [-0.05, 0) is 30.5 Å². The van der Waals surface area contributed by atoms with Crippen LogP contribution in [-0.4, -0.2) is 52.0 Å².